The molecule has 1 aromatic heterocycles. The SMILES string of the molecule is CCCN1CCc2c1ccc(C#N)c2Cl.N#Cc1ccc(-c2nnco2)cc1. The summed E-state index contributed by atoms with van der Waals surface area (Å²) in [4.78, 5) is 2.34. The van der Waals surface area contributed by atoms with Crippen LogP contribution >= 0.6 is 11.6 Å². The van der Waals surface area contributed by atoms with E-state index in [-0.39, 0.29) is 0 Å². The molecule has 3 aromatic rings. The van der Waals surface area contributed by atoms with Gasteiger partial charge in [-0.05, 0) is 54.8 Å². The highest BCUT2D eigenvalue weighted by Gasteiger charge is 2.22. The van der Waals surface area contributed by atoms with Gasteiger partial charge < -0.3 is 9.32 Å². The summed E-state index contributed by atoms with van der Waals surface area (Å²) >= 11 is 6.17. The Morgan fingerprint density at radius 1 is 1.14 bits per heavy atom. The maximum atomic E-state index is 8.87. The number of halogens is 1. The zero-order chi connectivity index (χ0) is 19.9. The van der Waals surface area contributed by atoms with Crippen LogP contribution in [0.2, 0.25) is 5.02 Å². The number of hydrogen-bond donors (Lipinski definition) is 0. The third kappa shape index (κ3) is 4.14. The number of fused-ring (bicyclic) bond motifs is 1. The first-order valence-corrected chi connectivity index (χ1v) is 9.28. The summed E-state index contributed by atoms with van der Waals surface area (Å²) in [5.74, 6) is 0.462. The van der Waals surface area contributed by atoms with E-state index in [9.17, 15) is 0 Å². The predicted molar refractivity (Wildman–Crippen MR) is 107 cm³/mol. The van der Waals surface area contributed by atoms with Gasteiger partial charge in [0, 0.05) is 24.3 Å². The second-order valence-electron chi connectivity index (χ2n) is 6.21. The molecule has 0 saturated heterocycles. The summed E-state index contributed by atoms with van der Waals surface area (Å²) in [6, 6.07) is 14.9. The highest BCUT2D eigenvalue weighted by Crippen LogP contribution is 2.35. The van der Waals surface area contributed by atoms with Gasteiger partial charge in [0.15, 0.2) is 0 Å². The second kappa shape index (κ2) is 9.03. The number of hydrogen-bond acceptors (Lipinski definition) is 6. The molecule has 4 rings (SSSR count). The van der Waals surface area contributed by atoms with E-state index < -0.39 is 0 Å². The van der Waals surface area contributed by atoms with Crippen LogP contribution in [0.15, 0.2) is 47.2 Å². The van der Waals surface area contributed by atoms with Crippen molar-refractivity contribution in [1.82, 2.24) is 10.2 Å². The molecular formula is C21H18ClN5O. The van der Waals surface area contributed by atoms with Crippen molar-refractivity contribution in [2.75, 3.05) is 18.0 Å². The van der Waals surface area contributed by atoms with Crippen LogP contribution in [0.25, 0.3) is 11.5 Å². The lowest BCUT2D eigenvalue weighted by Gasteiger charge is -2.18. The number of anilines is 1. The van der Waals surface area contributed by atoms with E-state index in [1.807, 2.05) is 18.2 Å². The minimum absolute atomic E-state index is 0.462. The molecule has 0 bridgehead atoms. The molecule has 0 saturated carbocycles. The van der Waals surface area contributed by atoms with E-state index in [0.29, 0.717) is 22.0 Å². The minimum atomic E-state index is 0.462. The largest absolute Gasteiger partial charge is 0.423 e. The molecule has 2 heterocycles. The molecule has 140 valence electrons. The number of nitrogens with zero attached hydrogens (tertiary/aromatic N) is 5. The Morgan fingerprint density at radius 3 is 2.54 bits per heavy atom. The van der Waals surface area contributed by atoms with E-state index in [4.69, 9.17) is 26.5 Å². The summed E-state index contributed by atoms with van der Waals surface area (Å²) in [6.07, 6.45) is 3.37. The zero-order valence-corrected chi connectivity index (χ0v) is 16.1. The van der Waals surface area contributed by atoms with Gasteiger partial charge in [-0.1, -0.05) is 18.5 Å². The third-order valence-corrected chi connectivity index (χ3v) is 4.86. The maximum Gasteiger partial charge on any atom is 0.247 e. The van der Waals surface area contributed by atoms with Crippen LogP contribution < -0.4 is 4.90 Å². The van der Waals surface area contributed by atoms with Crippen molar-refractivity contribution in [3.63, 3.8) is 0 Å². The summed E-state index contributed by atoms with van der Waals surface area (Å²) in [7, 11) is 0. The van der Waals surface area contributed by atoms with Crippen LogP contribution in [0.3, 0.4) is 0 Å². The van der Waals surface area contributed by atoms with Crippen LogP contribution in [-0.4, -0.2) is 23.3 Å². The van der Waals surface area contributed by atoms with Crippen LogP contribution in [0.5, 0.6) is 0 Å². The molecule has 0 spiro atoms. The third-order valence-electron chi connectivity index (χ3n) is 4.43. The summed E-state index contributed by atoms with van der Waals surface area (Å²) in [5.41, 5.74) is 4.37. The van der Waals surface area contributed by atoms with Crippen molar-refractivity contribution >= 4 is 17.3 Å². The molecular weight excluding hydrogens is 374 g/mol. The van der Waals surface area contributed by atoms with Crippen molar-refractivity contribution in [3.8, 4) is 23.6 Å². The first-order chi connectivity index (χ1) is 13.7. The Morgan fingerprint density at radius 2 is 1.93 bits per heavy atom. The summed E-state index contributed by atoms with van der Waals surface area (Å²) < 4.78 is 4.99. The fourth-order valence-electron chi connectivity index (χ4n) is 3.09. The van der Waals surface area contributed by atoms with Gasteiger partial charge in [0.05, 0.1) is 22.2 Å². The van der Waals surface area contributed by atoms with E-state index in [2.05, 4.69) is 28.1 Å². The average Bonchev–Trinajstić information content (AvgIpc) is 3.40. The van der Waals surface area contributed by atoms with Gasteiger partial charge in [-0.2, -0.15) is 10.5 Å². The number of rotatable bonds is 3. The molecule has 0 unspecified atom stereocenters. The Labute approximate surface area is 168 Å². The van der Waals surface area contributed by atoms with Crippen molar-refractivity contribution in [2.45, 2.75) is 19.8 Å². The van der Waals surface area contributed by atoms with E-state index in [1.165, 1.54) is 12.1 Å². The molecule has 0 amide bonds. The summed E-state index contributed by atoms with van der Waals surface area (Å²) in [5, 5.41) is 25.4. The molecule has 0 aliphatic carbocycles. The molecule has 1 aliphatic rings. The van der Waals surface area contributed by atoms with E-state index >= 15 is 0 Å². The topological polar surface area (TPSA) is 89.7 Å². The number of benzene rings is 2. The molecule has 0 N–H and O–H groups in total. The molecule has 2 aromatic carbocycles. The quantitative estimate of drug-likeness (QED) is 0.648. The lowest BCUT2D eigenvalue weighted by atomic mass is 10.1. The van der Waals surface area contributed by atoms with Crippen molar-refractivity contribution in [1.29, 1.82) is 10.5 Å². The fraction of sp³-hybridized carbons (Fsp3) is 0.238. The molecule has 0 radical (unpaired) electrons. The molecule has 6 nitrogen and oxygen atoms in total. The second-order valence-corrected chi connectivity index (χ2v) is 6.58. The number of nitriles is 2. The monoisotopic (exact) mass is 391 g/mol. The molecule has 0 atom stereocenters. The highest BCUT2D eigenvalue weighted by atomic mass is 35.5. The van der Waals surface area contributed by atoms with Crippen LogP contribution in [-0.2, 0) is 6.42 Å². The van der Waals surface area contributed by atoms with Crippen molar-refractivity contribution in [2.24, 2.45) is 0 Å². The fourth-order valence-corrected chi connectivity index (χ4v) is 3.38. The highest BCUT2D eigenvalue weighted by molar-refractivity contribution is 6.33. The lowest BCUT2D eigenvalue weighted by Crippen LogP contribution is -2.20. The van der Waals surface area contributed by atoms with Crippen LogP contribution in [0.4, 0.5) is 5.69 Å². The number of aromatic nitrogens is 2. The first kappa shape index (κ1) is 19.4. The van der Waals surface area contributed by atoms with Crippen molar-refractivity contribution in [3.05, 3.63) is 64.5 Å². The van der Waals surface area contributed by atoms with Gasteiger partial charge in [-0.3, -0.25) is 0 Å². The minimum Gasteiger partial charge on any atom is -0.423 e. The average molecular weight is 392 g/mol. The Kier molecular flexibility index (Phi) is 6.26. The smallest absolute Gasteiger partial charge is 0.247 e. The standard InChI is InChI=1S/C12H13ClN2.C9H5N3O/c1-2-6-15-7-5-10-11(15)4-3-9(8-14)12(10)13;10-5-7-1-3-8(4-2-7)9-12-11-6-13-9/h3-4H,2,5-7H2,1H3;1-4,6H. The van der Waals surface area contributed by atoms with Crippen molar-refractivity contribution < 1.29 is 4.42 Å². The zero-order valence-electron chi connectivity index (χ0n) is 15.4. The van der Waals surface area contributed by atoms with E-state index in [1.54, 1.807) is 24.3 Å². The van der Waals surface area contributed by atoms with Gasteiger partial charge in [-0.25, -0.2) is 0 Å². The lowest BCUT2D eigenvalue weighted by molar-refractivity contribution is 0.568. The Bertz CT molecular complexity index is 1020. The Hall–Kier alpha value is -3.35. The molecule has 1 aliphatic heterocycles. The van der Waals surface area contributed by atoms with Crippen LogP contribution in [0, 0.1) is 22.7 Å². The Balaban J connectivity index is 0.000000162. The molecule has 0 fully saturated rings. The maximum absolute atomic E-state index is 8.87. The van der Waals surface area contributed by atoms with E-state index in [0.717, 1.165) is 37.1 Å². The van der Waals surface area contributed by atoms with Crippen LogP contribution in [0.1, 0.15) is 30.0 Å². The first-order valence-electron chi connectivity index (χ1n) is 8.91. The van der Waals surface area contributed by atoms with Gasteiger partial charge in [0.2, 0.25) is 12.3 Å². The van der Waals surface area contributed by atoms with Gasteiger partial charge in [0.25, 0.3) is 0 Å². The predicted octanol–water partition coefficient (Wildman–Crippen LogP) is 4.59. The van der Waals surface area contributed by atoms with Gasteiger partial charge in [0.1, 0.15) is 6.07 Å². The van der Waals surface area contributed by atoms with Gasteiger partial charge >= 0.3 is 0 Å². The normalized spacial score (nSPS) is 11.8. The van der Waals surface area contributed by atoms with Gasteiger partial charge in [-0.15, -0.1) is 10.2 Å². The molecule has 7 heteroatoms. The molecule has 28 heavy (non-hydrogen) atoms. The summed E-state index contributed by atoms with van der Waals surface area (Å²) in [6.45, 7) is 4.26.